The van der Waals surface area contributed by atoms with E-state index in [-0.39, 0.29) is 5.91 Å². The Kier molecular flexibility index (Phi) is 7.17. The number of carbonyl (C=O) groups excluding carboxylic acids is 1. The smallest absolute Gasteiger partial charge is 0.268 e. The zero-order valence-electron chi connectivity index (χ0n) is 22.2. The second-order valence-electron chi connectivity index (χ2n) is 10.6. The minimum absolute atomic E-state index is 0.00350. The number of fused-ring (bicyclic) bond motifs is 2. The Bertz CT molecular complexity index is 1500. The Morgan fingerprint density at radius 2 is 1.74 bits per heavy atom. The number of anilines is 1. The van der Waals surface area contributed by atoms with Crippen LogP contribution in [-0.2, 0) is 4.79 Å². The van der Waals surface area contributed by atoms with Crippen molar-refractivity contribution in [2.24, 2.45) is 5.92 Å². The van der Waals surface area contributed by atoms with Gasteiger partial charge in [-0.25, -0.2) is 0 Å². The molecule has 0 aliphatic carbocycles. The minimum atomic E-state index is -0.536. The van der Waals surface area contributed by atoms with Gasteiger partial charge < -0.3 is 24.6 Å². The molecule has 2 heterocycles. The van der Waals surface area contributed by atoms with Crippen LogP contribution < -0.4 is 19.7 Å². The molecule has 1 saturated heterocycles. The highest BCUT2D eigenvalue weighted by Gasteiger charge is 2.37. The number of nitrogens with one attached hydrogen (secondary N) is 1. The first-order valence-corrected chi connectivity index (χ1v) is 13.8. The lowest BCUT2D eigenvalue weighted by Crippen LogP contribution is -2.54. The molecule has 39 heavy (non-hydrogen) atoms. The third-order valence-corrected chi connectivity index (χ3v) is 7.71. The van der Waals surface area contributed by atoms with Crippen molar-refractivity contribution in [1.82, 2.24) is 10.2 Å². The molecule has 7 heteroatoms. The summed E-state index contributed by atoms with van der Waals surface area (Å²) in [6.07, 6.45) is 0.0814. The van der Waals surface area contributed by atoms with Crippen molar-refractivity contribution in [2.75, 3.05) is 45.2 Å². The van der Waals surface area contributed by atoms with Gasteiger partial charge in [0, 0.05) is 44.1 Å². The lowest BCUT2D eigenvalue weighted by Gasteiger charge is -2.39. The van der Waals surface area contributed by atoms with Crippen LogP contribution in [0.4, 0.5) is 5.69 Å². The molecule has 1 amide bonds. The number of hydrogen-bond donors (Lipinski definition) is 1. The molecule has 1 N–H and O–H groups in total. The Morgan fingerprint density at radius 1 is 0.974 bits per heavy atom. The molecule has 0 radical (unpaired) electrons. The summed E-state index contributed by atoms with van der Waals surface area (Å²) in [5, 5.41) is 5.99. The lowest BCUT2D eigenvalue weighted by atomic mass is 9.96. The molecule has 0 unspecified atom stereocenters. The van der Waals surface area contributed by atoms with Gasteiger partial charge in [0.05, 0.1) is 10.7 Å². The van der Waals surface area contributed by atoms with Gasteiger partial charge in [0.1, 0.15) is 17.2 Å². The number of amides is 1. The van der Waals surface area contributed by atoms with Gasteiger partial charge in [0.25, 0.3) is 5.91 Å². The van der Waals surface area contributed by atoms with Crippen molar-refractivity contribution in [3.8, 4) is 28.4 Å². The van der Waals surface area contributed by atoms with Gasteiger partial charge in [0.15, 0.2) is 6.10 Å². The molecule has 2 aliphatic heterocycles. The molecule has 4 aromatic rings. The lowest BCUT2D eigenvalue weighted by molar-refractivity contribution is -0.127. The molecule has 6 nitrogen and oxygen atoms in total. The predicted octanol–water partition coefficient (Wildman–Crippen LogP) is 6.22. The van der Waals surface area contributed by atoms with E-state index in [2.05, 4.69) is 22.3 Å². The van der Waals surface area contributed by atoms with Crippen LogP contribution in [0.1, 0.15) is 6.42 Å². The van der Waals surface area contributed by atoms with E-state index in [1.807, 2.05) is 85.7 Å². The first kappa shape index (κ1) is 25.7. The molecular weight excluding hydrogens is 510 g/mol. The fraction of sp³-hybridized carbons (Fsp3) is 0.281. The fourth-order valence-corrected chi connectivity index (χ4v) is 5.48. The van der Waals surface area contributed by atoms with E-state index in [1.54, 1.807) is 0 Å². The highest BCUT2D eigenvalue weighted by Crippen LogP contribution is 2.45. The van der Waals surface area contributed by atoms with Crippen molar-refractivity contribution < 1.29 is 14.3 Å². The largest absolute Gasteiger partial charge is 0.478 e. The SMILES string of the molecule is CN(C)CC[C@H]1Oc2cc(-c3cc(Oc4ccccc4)cc4ccccc34)c(Cl)cc2N(CC2CNC2)C1=O. The third kappa shape index (κ3) is 5.33. The summed E-state index contributed by atoms with van der Waals surface area (Å²) in [5.41, 5.74) is 2.53. The highest BCUT2D eigenvalue weighted by atomic mass is 35.5. The van der Waals surface area contributed by atoms with Gasteiger partial charge >= 0.3 is 0 Å². The van der Waals surface area contributed by atoms with Crippen LogP contribution >= 0.6 is 11.6 Å². The zero-order chi connectivity index (χ0) is 26.9. The first-order valence-electron chi connectivity index (χ1n) is 13.4. The summed E-state index contributed by atoms with van der Waals surface area (Å²) in [4.78, 5) is 17.5. The van der Waals surface area contributed by atoms with Crippen molar-refractivity contribution in [3.63, 3.8) is 0 Å². The highest BCUT2D eigenvalue weighted by molar-refractivity contribution is 6.34. The molecule has 0 bridgehead atoms. The third-order valence-electron chi connectivity index (χ3n) is 7.40. The molecule has 0 aromatic heterocycles. The van der Waals surface area contributed by atoms with Gasteiger partial charge in [-0.05, 0) is 66.8 Å². The number of para-hydroxylation sites is 1. The molecule has 1 atom stereocenters. The number of nitrogens with zero attached hydrogens (tertiary/aromatic N) is 2. The van der Waals surface area contributed by atoms with Crippen LogP contribution in [-0.4, -0.2) is 57.2 Å². The monoisotopic (exact) mass is 541 g/mol. The molecular formula is C32H32ClN3O3. The second-order valence-corrected chi connectivity index (χ2v) is 11.0. The van der Waals surface area contributed by atoms with Crippen LogP contribution in [0.25, 0.3) is 21.9 Å². The second kappa shape index (κ2) is 10.9. The number of rotatable bonds is 8. The Balaban J connectivity index is 1.43. The molecule has 0 spiro atoms. The maximum Gasteiger partial charge on any atom is 0.268 e. The molecule has 0 saturated carbocycles. The molecule has 6 rings (SSSR count). The van der Waals surface area contributed by atoms with Crippen molar-refractivity contribution in [3.05, 3.63) is 83.9 Å². The average molecular weight is 542 g/mol. The normalized spacial score (nSPS) is 17.2. The maximum atomic E-state index is 13.5. The summed E-state index contributed by atoms with van der Waals surface area (Å²) in [5.74, 6) is 2.60. The summed E-state index contributed by atoms with van der Waals surface area (Å²) in [6, 6.07) is 25.9. The number of hydrogen-bond acceptors (Lipinski definition) is 5. The van der Waals surface area contributed by atoms with E-state index in [9.17, 15) is 4.79 Å². The topological polar surface area (TPSA) is 54.0 Å². The molecule has 200 valence electrons. The maximum absolute atomic E-state index is 13.5. The van der Waals surface area contributed by atoms with Crippen LogP contribution in [0.15, 0.2) is 78.9 Å². The van der Waals surface area contributed by atoms with Gasteiger partial charge in [-0.3, -0.25) is 4.79 Å². The Morgan fingerprint density at radius 3 is 2.49 bits per heavy atom. The first-order chi connectivity index (χ1) is 19.0. The summed E-state index contributed by atoms with van der Waals surface area (Å²) in [7, 11) is 4.01. The number of carbonyl (C=O) groups is 1. The molecule has 4 aromatic carbocycles. The van der Waals surface area contributed by atoms with Crippen molar-refractivity contribution >= 4 is 34.0 Å². The van der Waals surface area contributed by atoms with Crippen LogP contribution in [0, 0.1) is 5.92 Å². The van der Waals surface area contributed by atoms with E-state index in [1.165, 1.54) is 0 Å². The van der Waals surface area contributed by atoms with E-state index < -0.39 is 6.10 Å². The van der Waals surface area contributed by atoms with Crippen molar-refractivity contribution in [2.45, 2.75) is 12.5 Å². The van der Waals surface area contributed by atoms with Gasteiger partial charge in [-0.15, -0.1) is 0 Å². The number of halogens is 1. The average Bonchev–Trinajstić information content (AvgIpc) is 2.90. The molecule has 1 fully saturated rings. The summed E-state index contributed by atoms with van der Waals surface area (Å²) in [6.45, 7) is 3.23. The van der Waals surface area contributed by atoms with Gasteiger partial charge in [-0.1, -0.05) is 54.1 Å². The number of ether oxygens (including phenoxy) is 2. The minimum Gasteiger partial charge on any atom is -0.478 e. The predicted molar refractivity (Wildman–Crippen MR) is 157 cm³/mol. The molecule has 2 aliphatic rings. The summed E-state index contributed by atoms with van der Waals surface area (Å²) < 4.78 is 12.6. The van der Waals surface area contributed by atoms with Crippen LogP contribution in [0.2, 0.25) is 5.02 Å². The quantitative estimate of drug-likeness (QED) is 0.287. The standard InChI is InChI=1S/C32H32ClN3O3/c1-35(2)13-12-30-32(37)36(20-21-18-34-19-21)29-17-28(33)27(16-31(29)39-30)26-15-24(38-23-9-4-3-5-10-23)14-22-8-6-7-11-25(22)26/h3-11,14-17,21,30,34H,12-13,18-20H2,1-2H3/t30-/m1/s1. The van der Waals surface area contributed by atoms with Crippen molar-refractivity contribution in [1.29, 1.82) is 0 Å². The van der Waals surface area contributed by atoms with Gasteiger partial charge in [-0.2, -0.15) is 0 Å². The fourth-order valence-electron chi connectivity index (χ4n) is 5.22. The van der Waals surface area contributed by atoms with E-state index >= 15 is 0 Å². The summed E-state index contributed by atoms with van der Waals surface area (Å²) >= 11 is 6.99. The zero-order valence-corrected chi connectivity index (χ0v) is 22.9. The Labute approximate surface area is 234 Å². The van der Waals surface area contributed by atoms with Gasteiger partial charge in [0.2, 0.25) is 0 Å². The van der Waals surface area contributed by atoms with E-state index in [0.717, 1.165) is 58.7 Å². The van der Waals surface area contributed by atoms with E-state index in [0.29, 0.717) is 29.7 Å². The van der Waals surface area contributed by atoms with Crippen LogP contribution in [0.3, 0.4) is 0 Å². The Hall–Kier alpha value is -3.58. The van der Waals surface area contributed by atoms with E-state index in [4.69, 9.17) is 21.1 Å². The van der Waals surface area contributed by atoms with Crippen LogP contribution in [0.5, 0.6) is 17.2 Å². The number of benzene rings is 4.